The third kappa shape index (κ3) is 4.56. The number of carbonyl (C=O) groups is 2. The second-order valence-corrected chi connectivity index (χ2v) is 9.90. The van der Waals surface area contributed by atoms with Crippen LogP contribution in [0.1, 0.15) is 22.6 Å². The van der Waals surface area contributed by atoms with Crippen LogP contribution in [0, 0.1) is 12.3 Å². The molecule has 0 unspecified atom stereocenters. The second-order valence-electron chi connectivity index (χ2n) is 9.90. The van der Waals surface area contributed by atoms with Crippen LogP contribution in [0.2, 0.25) is 0 Å². The molecule has 2 aliphatic heterocycles. The van der Waals surface area contributed by atoms with Crippen LogP contribution in [-0.4, -0.2) is 79.2 Å². The van der Waals surface area contributed by atoms with Gasteiger partial charge >= 0.3 is 0 Å². The fourth-order valence-corrected chi connectivity index (χ4v) is 4.90. The van der Waals surface area contributed by atoms with E-state index in [4.69, 9.17) is 4.74 Å². The Labute approximate surface area is 212 Å². The molecule has 1 spiro atoms. The van der Waals surface area contributed by atoms with Crippen LogP contribution in [0.25, 0.3) is 16.6 Å². The molecule has 12 heteroatoms. The highest BCUT2D eigenvalue weighted by molar-refractivity contribution is 6.08. The van der Waals surface area contributed by atoms with Crippen molar-refractivity contribution < 1.29 is 14.3 Å². The number of ether oxygens (including phenoxy) is 1. The summed E-state index contributed by atoms with van der Waals surface area (Å²) in [5.41, 5.74) is 4.46. The summed E-state index contributed by atoms with van der Waals surface area (Å²) >= 11 is 0. The maximum absolute atomic E-state index is 13.1. The van der Waals surface area contributed by atoms with Gasteiger partial charge in [-0.3, -0.25) is 24.2 Å². The second kappa shape index (κ2) is 9.05. The first-order valence-corrected chi connectivity index (χ1v) is 12.1. The van der Waals surface area contributed by atoms with Crippen LogP contribution in [-0.2, 0) is 16.6 Å². The molecule has 12 nitrogen and oxygen atoms in total. The fraction of sp³-hybridized carbons (Fsp3) is 0.360. The van der Waals surface area contributed by atoms with Gasteiger partial charge in [0.1, 0.15) is 0 Å². The van der Waals surface area contributed by atoms with Crippen LogP contribution in [0.4, 0.5) is 11.4 Å². The lowest BCUT2D eigenvalue weighted by Gasteiger charge is -2.37. The Morgan fingerprint density at radius 3 is 2.73 bits per heavy atom. The molecule has 6 rings (SSSR count). The molecule has 2 amide bonds. The minimum absolute atomic E-state index is 0.117. The third-order valence-corrected chi connectivity index (χ3v) is 6.99. The van der Waals surface area contributed by atoms with E-state index in [1.807, 2.05) is 19.3 Å². The summed E-state index contributed by atoms with van der Waals surface area (Å²) in [6.07, 6.45) is 8.11. The number of hydrogen-bond donors (Lipinski definition) is 2. The van der Waals surface area contributed by atoms with E-state index in [0.29, 0.717) is 29.1 Å². The van der Waals surface area contributed by atoms with Crippen molar-refractivity contribution in [2.75, 3.05) is 43.5 Å². The number of aryl methyl sites for hydroxylation is 2. The van der Waals surface area contributed by atoms with Crippen LogP contribution < -0.4 is 10.6 Å². The molecule has 0 atom stereocenters. The van der Waals surface area contributed by atoms with Crippen molar-refractivity contribution in [3.63, 3.8) is 0 Å². The monoisotopic (exact) mass is 501 g/mol. The summed E-state index contributed by atoms with van der Waals surface area (Å²) in [6, 6.07) is 5.41. The Morgan fingerprint density at radius 2 is 2.00 bits per heavy atom. The average Bonchev–Trinajstić information content (AvgIpc) is 3.58. The van der Waals surface area contributed by atoms with Crippen molar-refractivity contribution in [1.82, 2.24) is 34.5 Å². The molecule has 2 N–H and O–H groups in total. The first-order chi connectivity index (χ1) is 17.9. The highest BCUT2D eigenvalue weighted by Crippen LogP contribution is 2.37. The first kappa shape index (κ1) is 23.3. The average molecular weight is 502 g/mol. The van der Waals surface area contributed by atoms with E-state index in [1.54, 1.807) is 46.8 Å². The molecule has 2 saturated heterocycles. The molecule has 6 heterocycles. The summed E-state index contributed by atoms with van der Waals surface area (Å²) < 4.78 is 8.64. The summed E-state index contributed by atoms with van der Waals surface area (Å²) in [6.45, 7) is 5.43. The van der Waals surface area contributed by atoms with Gasteiger partial charge in [-0.15, -0.1) is 5.10 Å². The van der Waals surface area contributed by atoms with Crippen molar-refractivity contribution >= 4 is 28.7 Å². The van der Waals surface area contributed by atoms with E-state index in [-0.39, 0.29) is 17.0 Å². The smallest absolute Gasteiger partial charge is 0.278 e. The Bertz CT molecular complexity index is 1500. The molecule has 190 valence electrons. The van der Waals surface area contributed by atoms with Gasteiger partial charge in [-0.1, -0.05) is 11.3 Å². The molecular weight excluding hydrogens is 474 g/mol. The van der Waals surface area contributed by atoms with Gasteiger partial charge in [-0.25, -0.2) is 4.52 Å². The zero-order valence-corrected chi connectivity index (χ0v) is 20.6. The molecule has 0 saturated carbocycles. The molecule has 37 heavy (non-hydrogen) atoms. The third-order valence-electron chi connectivity index (χ3n) is 6.99. The Morgan fingerprint density at radius 1 is 1.14 bits per heavy atom. The molecular formula is C25H27N9O3. The van der Waals surface area contributed by atoms with Crippen molar-refractivity contribution in [3.05, 3.63) is 54.4 Å². The highest BCUT2D eigenvalue weighted by atomic mass is 16.5. The zero-order valence-electron chi connectivity index (χ0n) is 20.6. The number of aromatic nitrogens is 6. The Kier molecular flexibility index (Phi) is 5.69. The minimum atomic E-state index is -0.414. The van der Waals surface area contributed by atoms with Gasteiger partial charge in [0, 0.05) is 42.5 Å². The number of nitrogens with one attached hydrogen (secondary N) is 2. The molecule has 2 aliphatic rings. The number of fused-ring (bicyclic) bond motifs is 1. The van der Waals surface area contributed by atoms with E-state index in [1.165, 1.54) is 0 Å². The normalized spacial score (nSPS) is 16.7. The lowest BCUT2D eigenvalue weighted by Crippen LogP contribution is -2.45. The van der Waals surface area contributed by atoms with Gasteiger partial charge in [0.05, 0.1) is 54.7 Å². The number of hydrogen-bond acceptors (Lipinski definition) is 8. The molecule has 0 aliphatic carbocycles. The lowest BCUT2D eigenvalue weighted by atomic mass is 9.85. The number of pyridine rings is 2. The minimum Gasteiger partial charge on any atom is -0.380 e. The fourth-order valence-electron chi connectivity index (χ4n) is 4.90. The number of nitrogens with zero attached hydrogens (tertiary/aromatic N) is 7. The maximum Gasteiger partial charge on any atom is 0.278 e. The maximum atomic E-state index is 13.1. The molecule has 0 aromatic carbocycles. The van der Waals surface area contributed by atoms with Crippen LogP contribution in [0.5, 0.6) is 0 Å². The molecule has 4 aromatic heterocycles. The van der Waals surface area contributed by atoms with Gasteiger partial charge in [0.2, 0.25) is 5.91 Å². The summed E-state index contributed by atoms with van der Waals surface area (Å²) in [4.78, 5) is 32.2. The zero-order chi connectivity index (χ0) is 25.6. The van der Waals surface area contributed by atoms with Gasteiger partial charge in [0.25, 0.3) is 5.91 Å². The summed E-state index contributed by atoms with van der Waals surface area (Å²) in [5, 5.41) is 18.2. The Balaban J connectivity index is 1.13. The highest BCUT2D eigenvalue weighted by Gasteiger charge is 2.44. The van der Waals surface area contributed by atoms with E-state index >= 15 is 0 Å². The van der Waals surface area contributed by atoms with Gasteiger partial charge in [0.15, 0.2) is 5.69 Å². The SMILES string of the molecule is Cc1ncc(NC(=O)CN2CCC3(COC3)C2)cc1NC(=O)c1nnn2cc(-c3cnn(C)c3)ccc12. The standard InChI is InChI=1S/C25H27N9O3/c1-16-20(7-19(9-26-16)28-22(35)12-33-6-5-25(13-33)14-37-15-25)29-24(36)23-21-4-3-17(11-34(21)31-30-23)18-8-27-32(2)10-18/h3-4,7-11H,5-6,12-15H2,1-2H3,(H,28,35)(H,29,36). The van der Waals surface area contributed by atoms with Crippen molar-refractivity contribution in [1.29, 1.82) is 0 Å². The lowest BCUT2D eigenvalue weighted by molar-refractivity contribution is -0.119. The van der Waals surface area contributed by atoms with Crippen molar-refractivity contribution in [2.24, 2.45) is 12.5 Å². The van der Waals surface area contributed by atoms with Gasteiger partial charge in [-0.2, -0.15) is 5.10 Å². The number of rotatable bonds is 6. The predicted molar refractivity (Wildman–Crippen MR) is 135 cm³/mol. The van der Waals surface area contributed by atoms with E-state index in [2.05, 4.69) is 35.9 Å². The quantitative estimate of drug-likeness (QED) is 0.409. The molecule has 0 radical (unpaired) electrons. The number of likely N-dealkylation sites (tertiary alicyclic amines) is 1. The first-order valence-electron chi connectivity index (χ1n) is 12.1. The Hall–Kier alpha value is -4.16. The van der Waals surface area contributed by atoms with E-state index < -0.39 is 5.91 Å². The van der Waals surface area contributed by atoms with Gasteiger partial charge < -0.3 is 15.4 Å². The molecule has 0 bridgehead atoms. The summed E-state index contributed by atoms with van der Waals surface area (Å²) in [7, 11) is 1.85. The van der Waals surface area contributed by atoms with Crippen LogP contribution >= 0.6 is 0 Å². The van der Waals surface area contributed by atoms with Crippen LogP contribution in [0.3, 0.4) is 0 Å². The van der Waals surface area contributed by atoms with E-state index in [0.717, 1.165) is 43.9 Å². The number of carbonyl (C=O) groups excluding carboxylic acids is 2. The van der Waals surface area contributed by atoms with Crippen molar-refractivity contribution in [2.45, 2.75) is 13.3 Å². The number of anilines is 2. The van der Waals surface area contributed by atoms with Gasteiger partial charge in [-0.05, 0) is 32.0 Å². The van der Waals surface area contributed by atoms with E-state index in [9.17, 15) is 9.59 Å². The van der Waals surface area contributed by atoms with Crippen LogP contribution in [0.15, 0.2) is 43.0 Å². The number of amides is 2. The predicted octanol–water partition coefficient (Wildman–Crippen LogP) is 1.75. The molecule has 2 fully saturated rings. The largest absolute Gasteiger partial charge is 0.380 e. The molecule has 4 aromatic rings. The summed E-state index contributed by atoms with van der Waals surface area (Å²) in [5.74, 6) is -0.531. The topological polar surface area (TPSA) is 132 Å². The van der Waals surface area contributed by atoms with Crippen molar-refractivity contribution in [3.8, 4) is 11.1 Å².